The van der Waals surface area contributed by atoms with Crippen molar-refractivity contribution in [2.45, 2.75) is 44.7 Å². The summed E-state index contributed by atoms with van der Waals surface area (Å²) in [4.78, 5) is 15.5. The average molecular weight is 410 g/mol. The van der Waals surface area contributed by atoms with Gasteiger partial charge in [0.15, 0.2) is 0 Å². The second-order valence-electron chi connectivity index (χ2n) is 8.10. The largest absolute Gasteiger partial charge is 0.497 e. The van der Waals surface area contributed by atoms with E-state index in [-0.39, 0.29) is 17.8 Å². The van der Waals surface area contributed by atoms with Crippen LogP contribution in [0.3, 0.4) is 0 Å². The second kappa shape index (κ2) is 8.96. The van der Waals surface area contributed by atoms with E-state index in [2.05, 4.69) is 16.9 Å². The van der Waals surface area contributed by atoms with Gasteiger partial charge in [0.25, 0.3) is 5.91 Å². The minimum Gasteiger partial charge on any atom is -0.497 e. The number of nitrogens with zero attached hydrogens (tertiary/aromatic N) is 3. The van der Waals surface area contributed by atoms with Gasteiger partial charge in [0, 0.05) is 18.0 Å². The summed E-state index contributed by atoms with van der Waals surface area (Å²) in [6, 6.07) is 14.3. The van der Waals surface area contributed by atoms with Crippen molar-refractivity contribution in [1.82, 2.24) is 9.91 Å². The normalized spacial score (nSPS) is 22.1. The summed E-state index contributed by atoms with van der Waals surface area (Å²) in [5.74, 6) is 0.446. The van der Waals surface area contributed by atoms with Gasteiger partial charge >= 0.3 is 0 Å². The zero-order valence-corrected chi connectivity index (χ0v) is 17.6. The number of carbonyl (C=O) groups excluding carboxylic acids is 1. The summed E-state index contributed by atoms with van der Waals surface area (Å²) in [6.45, 7) is 3.47. The molecule has 0 spiro atoms. The van der Waals surface area contributed by atoms with Crippen LogP contribution in [-0.4, -0.2) is 47.8 Å². The topological polar surface area (TPSA) is 45.1 Å². The van der Waals surface area contributed by atoms with Crippen molar-refractivity contribution in [2.24, 2.45) is 5.10 Å². The number of carbonyl (C=O) groups is 1. The molecule has 2 aromatic rings. The van der Waals surface area contributed by atoms with Crippen LogP contribution >= 0.6 is 0 Å². The third-order valence-electron chi connectivity index (χ3n) is 6.10. The number of hydrogen-bond acceptors (Lipinski definition) is 4. The molecule has 1 saturated heterocycles. The van der Waals surface area contributed by atoms with Gasteiger partial charge in [-0.05, 0) is 56.1 Å². The van der Waals surface area contributed by atoms with Crippen LogP contribution in [0.25, 0.3) is 0 Å². The summed E-state index contributed by atoms with van der Waals surface area (Å²) < 4.78 is 19.0. The Labute approximate surface area is 177 Å². The molecule has 0 aliphatic carbocycles. The fourth-order valence-electron chi connectivity index (χ4n) is 4.31. The molecule has 0 bridgehead atoms. The van der Waals surface area contributed by atoms with Crippen LogP contribution in [0.2, 0.25) is 0 Å². The summed E-state index contributed by atoms with van der Waals surface area (Å²) >= 11 is 0. The number of hydrogen-bond donors (Lipinski definition) is 0. The van der Waals surface area contributed by atoms with Gasteiger partial charge in [0.05, 0.1) is 25.4 Å². The van der Waals surface area contributed by atoms with Crippen LogP contribution in [0.15, 0.2) is 53.6 Å². The first-order valence-corrected chi connectivity index (χ1v) is 10.6. The van der Waals surface area contributed by atoms with Crippen LogP contribution in [0.1, 0.15) is 49.8 Å². The Morgan fingerprint density at radius 1 is 1.20 bits per heavy atom. The van der Waals surface area contributed by atoms with E-state index >= 15 is 0 Å². The molecule has 2 atom stereocenters. The lowest BCUT2D eigenvalue weighted by Crippen LogP contribution is -2.44. The number of benzene rings is 2. The molecule has 1 fully saturated rings. The molecule has 6 heteroatoms. The minimum absolute atomic E-state index is 0.0176. The average Bonchev–Trinajstić information content (AvgIpc) is 3.21. The highest BCUT2D eigenvalue weighted by Gasteiger charge is 2.34. The van der Waals surface area contributed by atoms with E-state index in [4.69, 9.17) is 4.74 Å². The lowest BCUT2D eigenvalue weighted by Gasteiger charge is -2.34. The van der Waals surface area contributed by atoms with E-state index in [0.29, 0.717) is 19.0 Å². The van der Waals surface area contributed by atoms with E-state index < -0.39 is 0 Å². The van der Waals surface area contributed by atoms with E-state index in [1.165, 1.54) is 18.6 Å². The predicted molar refractivity (Wildman–Crippen MR) is 115 cm³/mol. The molecule has 0 N–H and O–H groups in total. The zero-order chi connectivity index (χ0) is 21.1. The number of halogens is 1. The van der Waals surface area contributed by atoms with Crippen molar-refractivity contribution < 1.29 is 13.9 Å². The number of likely N-dealkylation sites (tertiary alicyclic amines) is 1. The Balaban J connectivity index is 1.61. The summed E-state index contributed by atoms with van der Waals surface area (Å²) in [7, 11) is 1.63. The van der Waals surface area contributed by atoms with Gasteiger partial charge in [0.1, 0.15) is 11.6 Å². The van der Waals surface area contributed by atoms with Gasteiger partial charge in [-0.2, -0.15) is 5.10 Å². The first kappa shape index (κ1) is 20.5. The zero-order valence-electron chi connectivity index (χ0n) is 17.6. The van der Waals surface area contributed by atoms with Gasteiger partial charge in [-0.1, -0.05) is 30.7 Å². The Hall–Kier alpha value is -2.73. The number of methoxy groups -OCH3 is 1. The van der Waals surface area contributed by atoms with Crippen molar-refractivity contribution >= 4 is 11.6 Å². The van der Waals surface area contributed by atoms with Crippen LogP contribution in [-0.2, 0) is 4.79 Å². The monoisotopic (exact) mass is 409 g/mol. The van der Waals surface area contributed by atoms with E-state index in [0.717, 1.165) is 42.0 Å². The van der Waals surface area contributed by atoms with E-state index in [1.54, 1.807) is 18.2 Å². The maximum Gasteiger partial charge on any atom is 0.257 e. The molecule has 0 radical (unpaired) electrons. The van der Waals surface area contributed by atoms with Gasteiger partial charge < -0.3 is 4.74 Å². The Morgan fingerprint density at radius 3 is 2.70 bits per heavy atom. The standard InChI is InChI=1S/C24H28FN3O2/c1-17-6-3-4-13-27(17)16-24(29)28-23(18-9-11-21(30-2)12-10-18)15-22(26-28)19-7-5-8-20(25)14-19/h5,7-12,14,17,23H,3-4,6,13,15-16H2,1-2H3. The second-order valence-corrected chi connectivity index (χ2v) is 8.10. The third kappa shape index (κ3) is 4.38. The molecular formula is C24H28FN3O2. The first-order valence-electron chi connectivity index (χ1n) is 10.6. The molecule has 30 heavy (non-hydrogen) atoms. The third-order valence-corrected chi connectivity index (χ3v) is 6.10. The minimum atomic E-state index is -0.303. The maximum atomic E-state index is 13.8. The Bertz CT molecular complexity index is 928. The molecule has 158 valence electrons. The molecular weight excluding hydrogens is 381 g/mol. The van der Waals surface area contributed by atoms with Crippen LogP contribution in [0.5, 0.6) is 5.75 Å². The number of amides is 1. The molecule has 2 aliphatic rings. The van der Waals surface area contributed by atoms with Crippen LogP contribution in [0.4, 0.5) is 4.39 Å². The number of piperidine rings is 1. The quantitative estimate of drug-likeness (QED) is 0.736. The van der Waals surface area contributed by atoms with Crippen LogP contribution < -0.4 is 4.74 Å². The van der Waals surface area contributed by atoms with Gasteiger partial charge in [0.2, 0.25) is 0 Å². The van der Waals surface area contributed by atoms with Crippen molar-refractivity contribution in [2.75, 3.05) is 20.2 Å². The van der Waals surface area contributed by atoms with Gasteiger partial charge in [-0.3, -0.25) is 9.69 Å². The lowest BCUT2D eigenvalue weighted by molar-refractivity contribution is -0.135. The highest BCUT2D eigenvalue weighted by atomic mass is 19.1. The maximum absolute atomic E-state index is 13.8. The summed E-state index contributed by atoms with van der Waals surface area (Å²) in [5, 5.41) is 6.27. The summed E-state index contributed by atoms with van der Waals surface area (Å²) in [5.41, 5.74) is 2.44. The van der Waals surface area contributed by atoms with Gasteiger partial charge in [-0.15, -0.1) is 0 Å². The summed E-state index contributed by atoms with van der Waals surface area (Å²) in [6.07, 6.45) is 4.01. The van der Waals surface area contributed by atoms with Crippen molar-refractivity contribution in [3.05, 3.63) is 65.5 Å². The molecule has 4 rings (SSSR count). The van der Waals surface area contributed by atoms with Crippen molar-refractivity contribution in [1.29, 1.82) is 0 Å². The van der Waals surface area contributed by atoms with E-state index in [1.807, 2.05) is 30.3 Å². The molecule has 0 aromatic heterocycles. The smallest absolute Gasteiger partial charge is 0.257 e. The Kier molecular flexibility index (Phi) is 6.13. The molecule has 2 heterocycles. The lowest BCUT2D eigenvalue weighted by atomic mass is 9.98. The van der Waals surface area contributed by atoms with Gasteiger partial charge in [-0.25, -0.2) is 9.40 Å². The molecule has 2 unspecified atom stereocenters. The fourth-order valence-corrected chi connectivity index (χ4v) is 4.31. The first-order chi connectivity index (χ1) is 14.5. The molecule has 5 nitrogen and oxygen atoms in total. The molecule has 1 amide bonds. The van der Waals surface area contributed by atoms with Crippen molar-refractivity contribution in [3.63, 3.8) is 0 Å². The Morgan fingerprint density at radius 2 is 2.00 bits per heavy atom. The van der Waals surface area contributed by atoms with E-state index in [9.17, 15) is 9.18 Å². The SMILES string of the molecule is COc1ccc(C2CC(c3cccc(F)c3)=NN2C(=O)CN2CCCCC2C)cc1. The molecule has 0 saturated carbocycles. The highest BCUT2D eigenvalue weighted by Crippen LogP contribution is 2.34. The molecule has 2 aromatic carbocycles. The van der Waals surface area contributed by atoms with Crippen LogP contribution in [0, 0.1) is 5.82 Å². The number of ether oxygens (including phenoxy) is 1. The number of hydrazone groups is 1. The fraction of sp³-hybridized carbons (Fsp3) is 0.417. The molecule has 2 aliphatic heterocycles. The number of rotatable bonds is 5. The predicted octanol–water partition coefficient (Wildman–Crippen LogP) is 4.39. The van der Waals surface area contributed by atoms with Crippen molar-refractivity contribution in [3.8, 4) is 5.75 Å². The highest BCUT2D eigenvalue weighted by molar-refractivity contribution is 6.03.